The maximum absolute atomic E-state index is 5.38. The molecule has 6 heteroatoms. The summed E-state index contributed by atoms with van der Waals surface area (Å²) in [4.78, 5) is 15.6. The molecule has 0 atom stereocenters. The van der Waals surface area contributed by atoms with Crippen LogP contribution in [0.1, 0.15) is 12.7 Å². The molecule has 1 aromatic heterocycles. The van der Waals surface area contributed by atoms with Gasteiger partial charge in [0, 0.05) is 18.8 Å². The molecular weight excluding hydrogens is 278 g/mol. The second-order valence-corrected chi connectivity index (χ2v) is 5.15. The van der Waals surface area contributed by atoms with Gasteiger partial charge in [-0.3, -0.25) is 0 Å². The largest absolute Gasteiger partial charge is 0.378 e. The number of rotatable bonds is 4. The van der Waals surface area contributed by atoms with Gasteiger partial charge < -0.3 is 15.0 Å². The summed E-state index contributed by atoms with van der Waals surface area (Å²) >= 11 is 0. The molecule has 2 aromatic rings. The zero-order chi connectivity index (χ0) is 15.4. The van der Waals surface area contributed by atoms with Crippen molar-refractivity contribution in [1.29, 1.82) is 0 Å². The van der Waals surface area contributed by atoms with Crippen molar-refractivity contribution in [2.75, 3.05) is 36.5 Å². The Morgan fingerprint density at radius 3 is 2.55 bits per heavy atom. The van der Waals surface area contributed by atoms with E-state index in [-0.39, 0.29) is 0 Å². The number of nitrogens with one attached hydrogen (secondary N) is 1. The molecule has 1 aliphatic rings. The molecule has 1 aromatic carbocycles. The molecule has 1 saturated heterocycles. The summed E-state index contributed by atoms with van der Waals surface area (Å²) < 4.78 is 5.38. The number of anilines is 3. The fraction of sp³-hybridized carbons (Fsp3) is 0.312. The third-order valence-electron chi connectivity index (χ3n) is 3.33. The lowest BCUT2D eigenvalue weighted by atomic mass is 10.3. The van der Waals surface area contributed by atoms with Crippen molar-refractivity contribution in [2.24, 2.45) is 0 Å². The number of hydrogen-bond donors (Lipinski definition) is 1. The minimum Gasteiger partial charge on any atom is -0.378 e. The number of benzene rings is 1. The lowest BCUT2D eigenvalue weighted by molar-refractivity contribution is 0.122. The first-order valence-electron chi connectivity index (χ1n) is 7.29. The molecule has 0 radical (unpaired) electrons. The summed E-state index contributed by atoms with van der Waals surface area (Å²) in [5, 5.41) is 3.22. The van der Waals surface area contributed by atoms with Gasteiger partial charge in [-0.1, -0.05) is 24.8 Å². The summed E-state index contributed by atoms with van der Waals surface area (Å²) in [6, 6.07) is 9.84. The molecule has 0 aliphatic carbocycles. The summed E-state index contributed by atoms with van der Waals surface area (Å²) in [5.41, 5.74) is 1.75. The van der Waals surface area contributed by atoms with E-state index in [1.165, 1.54) is 0 Å². The normalized spacial score (nSPS) is 14.7. The SMILES string of the molecule is C=C(C)c1nc(Nc2ccccc2)nc(N2CCOCC2)n1. The van der Waals surface area contributed by atoms with E-state index in [9.17, 15) is 0 Å². The van der Waals surface area contributed by atoms with Crippen molar-refractivity contribution < 1.29 is 4.74 Å². The highest BCUT2D eigenvalue weighted by molar-refractivity contribution is 5.60. The van der Waals surface area contributed by atoms with Crippen LogP contribution < -0.4 is 10.2 Å². The Hall–Kier alpha value is -2.47. The van der Waals surface area contributed by atoms with Crippen molar-refractivity contribution in [3.05, 3.63) is 42.7 Å². The number of morpholine rings is 1. The van der Waals surface area contributed by atoms with Gasteiger partial charge >= 0.3 is 0 Å². The average Bonchev–Trinajstić information content (AvgIpc) is 2.56. The first-order chi connectivity index (χ1) is 10.7. The molecule has 1 aliphatic heterocycles. The van der Waals surface area contributed by atoms with Crippen LogP contribution in [0.15, 0.2) is 36.9 Å². The topological polar surface area (TPSA) is 63.2 Å². The third kappa shape index (κ3) is 3.40. The smallest absolute Gasteiger partial charge is 0.232 e. The van der Waals surface area contributed by atoms with Gasteiger partial charge in [0.05, 0.1) is 13.2 Å². The van der Waals surface area contributed by atoms with Gasteiger partial charge in [0.25, 0.3) is 0 Å². The van der Waals surface area contributed by atoms with E-state index in [4.69, 9.17) is 4.74 Å². The maximum atomic E-state index is 5.38. The Balaban J connectivity index is 1.91. The number of aromatic nitrogens is 3. The van der Waals surface area contributed by atoms with Crippen LogP contribution in [0.5, 0.6) is 0 Å². The highest BCUT2D eigenvalue weighted by Gasteiger charge is 2.16. The minimum absolute atomic E-state index is 0.528. The van der Waals surface area contributed by atoms with E-state index in [1.807, 2.05) is 37.3 Å². The van der Waals surface area contributed by atoms with Gasteiger partial charge in [-0.25, -0.2) is 0 Å². The van der Waals surface area contributed by atoms with Gasteiger partial charge in [0.2, 0.25) is 11.9 Å². The second-order valence-electron chi connectivity index (χ2n) is 5.15. The predicted molar refractivity (Wildman–Crippen MR) is 87.3 cm³/mol. The van der Waals surface area contributed by atoms with Crippen LogP contribution in [0.4, 0.5) is 17.6 Å². The molecule has 0 bridgehead atoms. The standard InChI is InChI=1S/C16H19N5O/c1-12(2)14-18-15(17-13-6-4-3-5-7-13)20-16(19-14)21-8-10-22-11-9-21/h3-7H,1,8-11H2,2H3,(H,17,18,19,20). The van der Waals surface area contributed by atoms with E-state index in [0.29, 0.717) is 30.9 Å². The summed E-state index contributed by atoms with van der Waals surface area (Å²) in [6.45, 7) is 8.77. The summed E-state index contributed by atoms with van der Waals surface area (Å²) in [6.07, 6.45) is 0. The first kappa shape index (κ1) is 14.5. The van der Waals surface area contributed by atoms with Crippen molar-refractivity contribution in [3.63, 3.8) is 0 Å². The molecule has 1 fully saturated rings. The van der Waals surface area contributed by atoms with Gasteiger partial charge in [0.15, 0.2) is 5.82 Å². The lowest BCUT2D eigenvalue weighted by Crippen LogP contribution is -2.37. The number of hydrogen-bond acceptors (Lipinski definition) is 6. The highest BCUT2D eigenvalue weighted by atomic mass is 16.5. The Labute approximate surface area is 129 Å². The van der Waals surface area contributed by atoms with Crippen LogP contribution in [-0.2, 0) is 4.74 Å². The van der Waals surface area contributed by atoms with Gasteiger partial charge in [-0.05, 0) is 24.6 Å². The second kappa shape index (κ2) is 6.53. The lowest BCUT2D eigenvalue weighted by Gasteiger charge is -2.27. The Morgan fingerprint density at radius 1 is 1.14 bits per heavy atom. The van der Waals surface area contributed by atoms with Crippen LogP contribution in [0.2, 0.25) is 0 Å². The molecule has 22 heavy (non-hydrogen) atoms. The maximum Gasteiger partial charge on any atom is 0.232 e. The molecule has 0 saturated carbocycles. The number of ether oxygens (including phenoxy) is 1. The predicted octanol–water partition coefficient (Wildman–Crippen LogP) is 2.48. The van der Waals surface area contributed by atoms with E-state index >= 15 is 0 Å². The van der Waals surface area contributed by atoms with Crippen LogP contribution >= 0.6 is 0 Å². The van der Waals surface area contributed by atoms with E-state index in [1.54, 1.807) is 0 Å². The molecule has 114 valence electrons. The molecule has 6 nitrogen and oxygen atoms in total. The van der Waals surface area contributed by atoms with Crippen LogP contribution in [0.3, 0.4) is 0 Å². The molecule has 0 spiro atoms. The molecule has 1 N–H and O–H groups in total. The summed E-state index contributed by atoms with van der Waals surface area (Å²) in [5.74, 6) is 1.80. The molecular formula is C16H19N5O. The molecule has 0 amide bonds. The first-order valence-corrected chi connectivity index (χ1v) is 7.29. The van der Waals surface area contributed by atoms with E-state index in [2.05, 4.69) is 31.7 Å². The van der Waals surface area contributed by atoms with E-state index in [0.717, 1.165) is 24.4 Å². The Morgan fingerprint density at radius 2 is 1.86 bits per heavy atom. The van der Waals surface area contributed by atoms with Gasteiger partial charge in [-0.2, -0.15) is 15.0 Å². The fourth-order valence-electron chi connectivity index (χ4n) is 2.17. The fourth-order valence-corrected chi connectivity index (χ4v) is 2.17. The molecule has 2 heterocycles. The Kier molecular flexibility index (Phi) is 4.29. The van der Waals surface area contributed by atoms with Crippen molar-refractivity contribution in [1.82, 2.24) is 15.0 Å². The number of allylic oxidation sites excluding steroid dienone is 1. The Bertz CT molecular complexity index is 653. The quantitative estimate of drug-likeness (QED) is 0.935. The van der Waals surface area contributed by atoms with Crippen LogP contribution in [0, 0.1) is 0 Å². The van der Waals surface area contributed by atoms with Gasteiger partial charge in [0.1, 0.15) is 0 Å². The van der Waals surface area contributed by atoms with Gasteiger partial charge in [-0.15, -0.1) is 0 Å². The zero-order valence-electron chi connectivity index (χ0n) is 12.6. The van der Waals surface area contributed by atoms with Crippen molar-refractivity contribution >= 4 is 23.2 Å². The minimum atomic E-state index is 0.528. The van der Waals surface area contributed by atoms with Crippen LogP contribution in [0.25, 0.3) is 5.57 Å². The molecule has 3 rings (SSSR count). The average molecular weight is 297 g/mol. The third-order valence-corrected chi connectivity index (χ3v) is 3.33. The summed E-state index contributed by atoms with van der Waals surface area (Å²) in [7, 11) is 0. The highest BCUT2D eigenvalue weighted by Crippen LogP contribution is 2.19. The van der Waals surface area contributed by atoms with E-state index < -0.39 is 0 Å². The van der Waals surface area contributed by atoms with Crippen molar-refractivity contribution in [2.45, 2.75) is 6.92 Å². The number of para-hydroxylation sites is 1. The van der Waals surface area contributed by atoms with Crippen LogP contribution in [-0.4, -0.2) is 41.3 Å². The van der Waals surface area contributed by atoms with Crippen molar-refractivity contribution in [3.8, 4) is 0 Å². The molecule has 0 unspecified atom stereocenters. The number of nitrogens with zero attached hydrogens (tertiary/aromatic N) is 4. The zero-order valence-corrected chi connectivity index (χ0v) is 12.6. The monoisotopic (exact) mass is 297 g/mol.